The largest absolute Gasteiger partial charge is 0.466 e. The third-order valence-corrected chi connectivity index (χ3v) is 5.52. The van der Waals surface area contributed by atoms with Crippen molar-refractivity contribution in [2.75, 3.05) is 6.61 Å². The summed E-state index contributed by atoms with van der Waals surface area (Å²) in [5, 5.41) is 0. The Labute approximate surface area is 130 Å². The molecule has 0 spiro atoms. The van der Waals surface area contributed by atoms with Crippen molar-refractivity contribution in [3.63, 3.8) is 0 Å². The van der Waals surface area contributed by atoms with Crippen molar-refractivity contribution in [2.24, 2.45) is 17.8 Å². The maximum atomic E-state index is 11.8. The molecule has 0 saturated heterocycles. The number of hydrogen-bond acceptors (Lipinski definition) is 3. The van der Waals surface area contributed by atoms with Gasteiger partial charge in [-0.2, -0.15) is 0 Å². The van der Waals surface area contributed by atoms with Crippen LogP contribution in [0.25, 0.3) is 0 Å². The molecule has 0 aromatic heterocycles. The number of carbonyl (C=O) groups excluding carboxylic acids is 1. The van der Waals surface area contributed by atoms with E-state index in [1.165, 1.54) is 6.42 Å². The zero-order valence-corrected chi connectivity index (χ0v) is 14.4. The highest BCUT2D eigenvalue weighted by atomic mass is 79.9. The second-order valence-electron chi connectivity index (χ2n) is 6.65. The second-order valence-corrected chi connectivity index (χ2v) is 7.83. The molecular weight excluding hydrogens is 320 g/mol. The summed E-state index contributed by atoms with van der Waals surface area (Å²) in [6.45, 7) is 6.95. The Morgan fingerprint density at radius 3 is 2.35 bits per heavy atom. The Bertz CT molecular complexity index is 324. The lowest BCUT2D eigenvalue weighted by molar-refractivity contribution is -0.148. The number of ether oxygens (including phenoxy) is 2. The Balaban J connectivity index is 1.85. The summed E-state index contributed by atoms with van der Waals surface area (Å²) < 4.78 is 11.4. The summed E-state index contributed by atoms with van der Waals surface area (Å²) in [6, 6.07) is 0. The zero-order valence-electron chi connectivity index (χ0n) is 12.8. The normalized spacial score (nSPS) is 41.6. The zero-order chi connectivity index (χ0) is 14.7. The van der Waals surface area contributed by atoms with E-state index in [1.807, 2.05) is 6.92 Å². The molecule has 0 aliphatic heterocycles. The fourth-order valence-electron chi connectivity index (χ4n) is 3.77. The average Bonchev–Trinajstić information content (AvgIpc) is 2.70. The van der Waals surface area contributed by atoms with E-state index in [-0.39, 0.29) is 22.8 Å². The Morgan fingerprint density at radius 2 is 1.75 bits per heavy atom. The Morgan fingerprint density at radius 1 is 1.10 bits per heavy atom. The van der Waals surface area contributed by atoms with Gasteiger partial charge in [-0.1, -0.05) is 29.8 Å². The monoisotopic (exact) mass is 346 g/mol. The Hall–Kier alpha value is -0.0900. The quantitative estimate of drug-likeness (QED) is 0.571. The van der Waals surface area contributed by atoms with Crippen molar-refractivity contribution in [3.05, 3.63) is 0 Å². The number of carbonyl (C=O) groups is 1. The predicted octanol–water partition coefficient (Wildman–Crippen LogP) is 3.93. The van der Waals surface area contributed by atoms with Crippen LogP contribution in [0.5, 0.6) is 0 Å². The van der Waals surface area contributed by atoms with Gasteiger partial charge in [-0.05, 0) is 50.9 Å². The summed E-state index contributed by atoms with van der Waals surface area (Å²) in [5.41, 5.74) is 0. The number of alkyl halides is 1. The van der Waals surface area contributed by atoms with Crippen LogP contribution in [0.15, 0.2) is 0 Å². The third kappa shape index (κ3) is 4.20. The van der Waals surface area contributed by atoms with Gasteiger partial charge in [0, 0.05) is 4.83 Å². The summed E-state index contributed by atoms with van der Waals surface area (Å²) in [6.07, 6.45) is 5.78. The SMILES string of the molecule is CCOC(=O)C1CC(Br)C(OC2CC(C)CC(C)C2)C1. The fraction of sp³-hybridized carbons (Fsp3) is 0.938. The lowest BCUT2D eigenvalue weighted by Crippen LogP contribution is -2.32. The standard InChI is InChI=1S/C16H27BrO3/c1-4-19-16(18)12-8-14(17)15(9-12)20-13-6-10(2)5-11(3)7-13/h10-15H,4-9H2,1-3H3. The van der Waals surface area contributed by atoms with Gasteiger partial charge in [0.05, 0.1) is 24.7 Å². The smallest absolute Gasteiger partial charge is 0.309 e. The highest BCUT2D eigenvalue weighted by molar-refractivity contribution is 9.09. The first kappa shape index (κ1) is 16.3. The van der Waals surface area contributed by atoms with E-state index in [1.54, 1.807) is 0 Å². The molecule has 20 heavy (non-hydrogen) atoms. The molecular formula is C16H27BrO3. The van der Waals surface area contributed by atoms with E-state index in [0.717, 1.165) is 37.5 Å². The molecule has 5 unspecified atom stereocenters. The van der Waals surface area contributed by atoms with Crippen molar-refractivity contribution >= 4 is 21.9 Å². The third-order valence-electron chi connectivity index (χ3n) is 4.55. The first-order valence-corrected chi connectivity index (χ1v) is 8.87. The molecule has 2 rings (SSSR count). The van der Waals surface area contributed by atoms with Gasteiger partial charge >= 0.3 is 5.97 Å². The van der Waals surface area contributed by atoms with E-state index in [4.69, 9.17) is 9.47 Å². The molecule has 0 amide bonds. The maximum Gasteiger partial charge on any atom is 0.309 e. The molecule has 0 N–H and O–H groups in total. The van der Waals surface area contributed by atoms with E-state index in [2.05, 4.69) is 29.8 Å². The van der Waals surface area contributed by atoms with Crippen LogP contribution in [-0.4, -0.2) is 29.6 Å². The molecule has 116 valence electrons. The van der Waals surface area contributed by atoms with E-state index in [0.29, 0.717) is 12.7 Å². The van der Waals surface area contributed by atoms with Crippen molar-refractivity contribution in [1.82, 2.24) is 0 Å². The minimum atomic E-state index is -0.0616. The van der Waals surface area contributed by atoms with Gasteiger partial charge in [0.1, 0.15) is 0 Å². The van der Waals surface area contributed by atoms with Crippen LogP contribution < -0.4 is 0 Å². The lowest BCUT2D eigenvalue weighted by atomic mass is 9.81. The summed E-state index contributed by atoms with van der Waals surface area (Å²) >= 11 is 3.69. The number of halogens is 1. The maximum absolute atomic E-state index is 11.8. The molecule has 0 aromatic carbocycles. The fourth-order valence-corrected chi connectivity index (χ4v) is 4.56. The first-order chi connectivity index (χ1) is 9.49. The van der Waals surface area contributed by atoms with E-state index >= 15 is 0 Å². The average molecular weight is 347 g/mol. The highest BCUT2D eigenvalue weighted by Crippen LogP contribution is 2.38. The molecule has 3 nitrogen and oxygen atoms in total. The molecule has 2 aliphatic rings. The summed E-state index contributed by atoms with van der Waals surface area (Å²) in [4.78, 5) is 12.1. The van der Waals surface area contributed by atoms with Crippen LogP contribution >= 0.6 is 15.9 Å². The van der Waals surface area contributed by atoms with Gasteiger partial charge in [-0.15, -0.1) is 0 Å². The number of esters is 1. The molecule has 0 heterocycles. The van der Waals surface area contributed by atoms with Crippen molar-refractivity contribution in [3.8, 4) is 0 Å². The van der Waals surface area contributed by atoms with Gasteiger partial charge < -0.3 is 9.47 Å². The number of rotatable bonds is 4. The molecule has 0 bridgehead atoms. The molecule has 4 heteroatoms. The molecule has 2 aliphatic carbocycles. The molecule has 0 radical (unpaired) electrons. The van der Waals surface area contributed by atoms with Crippen molar-refractivity contribution in [2.45, 2.75) is 69.9 Å². The van der Waals surface area contributed by atoms with Crippen LogP contribution in [0, 0.1) is 17.8 Å². The van der Waals surface area contributed by atoms with Crippen molar-refractivity contribution < 1.29 is 14.3 Å². The molecule has 2 fully saturated rings. The predicted molar refractivity (Wildman–Crippen MR) is 82.9 cm³/mol. The van der Waals surface area contributed by atoms with Gasteiger partial charge in [-0.3, -0.25) is 4.79 Å². The Kier molecular flexibility index (Phi) is 5.91. The van der Waals surface area contributed by atoms with Crippen LogP contribution in [0.1, 0.15) is 52.9 Å². The van der Waals surface area contributed by atoms with Gasteiger partial charge in [0.15, 0.2) is 0 Å². The summed E-state index contributed by atoms with van der Waals surface area (Å²) in [5.74, 6) is 1.44. The van der Waals surface area contributed by atoms with Crippen molar-refractivity contribution in [1.29, 1.82) is 0 Å². The van der Waals surface area contributed by atoms with Gasteiger partial charge in [0.2, 0.25) is 0 Å². The van der Waals surface area contributed by atoms with E-state index < -0.39 is 0 Å². The van der Waals surface area contributed by atoms with Gasteiger partial charge in [-0.25, -0.2) is 0 Å². The minimum Gasteiger partial charge on any atom is -0.466 e. The van der Waals surface area contributed by atoms with Crippen LogP contribution in [0.3, 0.4) is 0 Å². The highest BCUT2D eigenvalue weighted by Gasteiger charge is 2.40. The minimum absolute atomic E-state index is 0.00256. The topological polar surface area (TPSA) is 35.5 Å². The molecule has 2 saturated carbocycles. The van der Waals surface area contributed by atoms with Crippen LogP contribution in [-0.2, 0) is 14.3 Å². The van der Waals surface area contributed by atoms with E-state index in [9.17, 15) is 4.79 Å². The molecule has 5 atom stereocenters. The first-order valence-electron chi connectivity index (χ1n) is 7.95. The van der Waals surface area contributed by atoms with Crippen LogP contribution in [0.2, 0.25) is 0 Å². The molecule has 0 aromatic rings. The lowest BCUT2D eigenvalue weighted by Gasteiger charge is -2.33. The number of hydrogen-bond donors (Lipinski definition) is 0. The summed E-state index contributed by atoms with van der Waals surface area (Å²) in [7, 11) is 0. The van der Waals surface area contributed by atoms with Gasteiger partial charge in [0.25, 0.3) is 0 Å². The van der Waals surface area contributed by atoms with Crippen LogP contribution in [0.4, 0.5) is 0 Å². The second kappa shape index (κ2) is 7.26.